The lowest BCUT2D eigenvalue weighted by atomic mass is 10.0. The van der Waals surface area contributed by atoms with Crippen molar-refractivity contribution in [2.45, 2.75) is 25.3 Å². The van der Waals surface area contributed by atoms with Gasteiger partial charge in [0, 0.05) is 25.1 Å². The van der Waals surface area contributed by atoms with Crippen LogP contribution >= 0.6 is 0 Å². The highest BCUT2D eigenvalue weighted by Crippen LogP contribution is 2.29. The molecule has 146 valence electrons. The first-order valence-corrected chi connectivity index (χ1v) is 9.60. The monoisotopic (exact) mass is 381 g/mol. The molecule has 2 fully saturated rings. The van der Waals surface area contributed by atoms with Crippen LogP contribution in [0.1, 0.15) is 19.3 Å². The van der Waals surface area contributed by atoms with E-state index in [0.29, 0.717) is 18.2 Å². The second-order valence-corrected chi connectivity index (χ2v) is 7.24. The minimum atomic E-state index is -0.846. The molecule has 4 amide bonds. The minimum Gasteiger partial charge on any atom is -0.381 e. The standard InChI is InChI=1S/C21H23N3O4/c25-19(22-13-14-8-10-28-11-9-14)12-17-20(26)24(21(27)23-17)18-7-3-5-15-4-1-2-6-16(15)18/h1-7,14,17H,8-13H2,(H,22,25)(H,23,27). The maximum Gasteiger partial charge on any atom is 0.329 e. The third-order valence-corrected chi connectivity index (χ3v) is 5.35. The van der Waals surface area contributed by atoms with Gasteiger partial charge in [-0.2, -0.15) is 0 Å². The summed E-state index contributed by atoms with van der Waals surface area (Å²) in [5.41, 5.74) is 0.533. The van der Waals surface area contributed by atoms with E-state index in [-0.39, 0.29) is 12.3 Å². The number of benzene rings is 2. The Morgan fingerprint density at radius 3 is 2.68 bits per heavy atom. The number of ether oxygens (including phenoxy) is 1. The van der Waals surface area contributed by atoms with Crippen LogP contribution in [-0.4, -0.2) is 43.6 Å². The van der Waals surface area contributed by atoms with Gasteiger partial charge in [0.2, 0.25) is 5.91 Å². The highest BCUT2D eigenvalue weighted by Gasteiger charge is 2.40. The van der Waals surface area contributed by atoms with Crippen molar-refractivity contribution >= 4 is 34.3 Å². The number of amides is 4. The van der Waals surface area contributed by atoms with Gasteiger partial charge in [-0.3, -0.25) is 9.59 Å². The largest absolute Gasteiger partial charge is 0.381 e. The van der Waals surface area contributed by atoms with Crippen LogP contribution in [0.4, 0.5) is 10.5 Å². The molecule has 0 spiro atoms. The predicted molar refractivity (Wildman–Crippen MR) is 105 cm³/mol. The Bertz CT molecular complexity index is 902. The van der Waals surface area contributed by atoms with Crippen LogP contribution < -0.4 is 15.5 Å². The number of hydrogen-bond acceptors (Lipinski definition) is 4. The van der Waals surface area contributed by atoms with Crippen LogP contribution in [0.15, 0.2) is 42.5 Å². The summed E-state index contributed by atoms with van der Waals surface area (Å²) in [6.45, 7) is 2.01. The molecule has 4 rings (SSSR count). The fourth-order valence-corrected chi connectivity index (χ4v) is 3.77. The van der Waals surface area contributed by atoms with Gasteiger partial charge in [0.1, 0.15) is 6.04 Å². The molecule has 2 aromatic rings. The first-order chi connectivity index (χ1) is 13.6. The predicted octanol–water partition coefficient (Wildman–Crippen LogP) is 2.20. The van der Waals surface area contributed by atoms with Crippen molar-refractivity contribution in [3.63, 3.8) is 0 Å². The van der Waals surface area contributed by atoms with E-state index < -0.39 is 18.0 Å². The lowest BCUT2D eigenvalue weighted by Crippen LogP contribution is -2.38. The lowest BCUT2D eigenvalue weighted by Gasteiger charge is -2.22. The smallest absolute Gasteiger partial charge is 0.329 e. The summed E-state index contributed by atoms with van der Waals surface area (Å²) in [6, 6.07) is 11.7. The minimum absolute atomic E-state index is 0.0605. The third kappa shape index (κ3) is 3.71. The van der Waals surface area contributed by atoms with E-state index in [1.807, 2.05) is 36.4 Å². The zero-order chi connectivity index (χ0) is 19.5. The van der Waals surface area contributed by atoms with Gasteiger partial charge < -0.3 is 15.4 Å². The molecule has 2 aliphatic heterocycles. The Morgan fingerprint density at radius 1 is 1.11 bits per heavy atom. The maximum atomic E-state index is 12.8. The van der Waals surface area contributed by atoms with Crippen LogP contribution in [0.25, 0.3) is 10.8 Å². The number of nitrogens with one attached hydrogen (secondary N) is 2. The molecular weight excluding hydrogens is 358 g/mol. The summed E-state index contributed by atoms with van der Waals surface area (Å²) in [5, 5.41) is 7.29. The van der Waals surface area contributed by atoms with Crippen molar-refractivity contribution < 1.29 is 19.1 Å². The van der Waals surface area contributed by atoms with E-state index in [2.05, 4.69) is 10.6 Å². The first-order valence-electron chi connectivity index (χ1n) is 9.60. The van der Waals surface area contributed by atoms with Crippen molar-refractivity contribution in [2.75, 3.05) is 24.7 Å². The van der Waals surface area contributed by atoms with E-state index in [4.69, 9.17) is 4.74 Å². The van der Waals surface area contributed by atoms with Crippen LogP contribution in [0, 0.1) is 5.92 Å². The molecule has 1 unspecified atom stereocenters. The number of imide groups is 1. The van der Waals surface area contributed by atoms with Crippen molar-refractivity contribution in [1.29, 1.82) is 0 Å². The van der Waals surface area contributed by atoms with E-state index >= 15 is 0 Å². The second-order valence-electron chi connectivity index (χ2n) is 7.24. The number of urea groups is 1. The van der Waals surface area contributed by atoms with Gasteiger partial charge in [0.25, 0.3) is 5.91 Å². The fraction of sp³-hybridized carbons (Fsp3) is 0.381. The summed E-state index contributed by atoms with van der Waals surface area (Å²) in [6.07, 6.45) is 1.79. The van der Waals surface area contributed by atoms with Gasteiger partial charge in [-0.05, 0) is 30.2 Å². The number of hydrogen-bond donors (Lipinski definition) is 2. The van der Waals surface area contributed by atoms with Gasteiger partial charge in [0.15, 0.2) is 0 Å². The molecule has 0 aromatic heterocycles. The SMILES string of the molecule is O=C(CC1NC(=O)N(c2cccc3ccccc23)C1=O)NCC1CCOCC1. The Balaban J connectivity index is 1.43. The molecule has 0 radical (unpaired) electrons. The molecule has 2 heterocycles. The lowest BCUT2D eigenvalue weighted by molar-refractivity contribution is -0.125. The van der Waals surface area contributed by atoms with Crippen molar-refractivity contribution in [2.24, 2.45) is 5.92 Å². The van der Waals surface area contributed by atoms with E-state index in [9.17, 15) is 14.4 Å². The first kappa shape index (κ1) is 18.4. The number of anilines is 1. The molecule has 1 atom stereocenters. The second kappa shape index (κ2) is 7.98. The van der Waals surface area contributed by atoms with E-state index in [0.717, 1.165) is 41.7 Å². The van der Waals surface area contributed by atoms with Gasteiger partial charge in [0.05, 0.1) is 12.1 Å². The molecule has 7 nitrogen and oxygen atoms in total. The Kier molecular flexibility index (Phi) is 5.25. The molecule has 0 bridgehead atoms. The summed E-state index contributed by atoms with van der Waals surface area (Å²) in [7, 11) is 0. The third-order valence-electron chi connectivity index (χ3n) is 5.35. The average Bonchev–Trinajstić information content (AvgIpc) is 2.99. The highest BCUT2D eigenvalue weighted by molar-refractivity contribution is 6.24. The normalized spacial score (nSPS) is 20.4. The summed E-state index contributed by atoms with van der Waals surface area (Å²) < 4.78 is 5.31. The summed E-state index contributed by atoms with van der Waals surface area (Å²) >= 11 is 0. The highest BCUT2D eigenvalue weighted by atomic mass is 16.5. The van der Waals surface area contributed by atoms with Gasteiger partial charge in [-0.15, -0.1) is 0 Å². The van der Waals surface area contributed by atoms with Gasteiger partial charge in [-0.1, -0.05) is 36.4 Å². The summed E-state index contributed by atoms with van der Waals surface area (Å²) in [4.78, 5) is 38.7. The quantitative estimate of drug-likeness (QED) is 0.778. The maximum absolute atomic E-state index is 12.8. The van der Waals surface area contributed by atoms with Crippen molar-refractivity contribution in [3.8, 4) is 0 Å². The Hall–Kier alpha value is -2.93. The van der Waals surface area contributed by atoms with Crippen LogP contribution in [-0.2, 0) is 14.3 Å². The Morgan fingerprint density at radius 2 is 1.86 bits per heavy atom. The summed E-state index contributed by atoms with van der Waals surface area (Å²) in [5.74, 6) is -0.230. The average molecular weight is 381 g/mol. The van der Waals surface area contributed by atoms with Gasteiger partial charge >= 0.3 is 6.03 Å². The van der Waals surface area contributed by atoms with Crippen LogP contribution in [0.2, 0.25) is 0 Å². The Labute approximate surface area is 163 Å². The van der Waals surface area contributed by atoms with Crippen molar-refractivity contribution in [1.82, 2.24) is 10.6 Å². The number of nitrogens with zero attached hydrogens (tertiary/aromatic N) is 1. The molecule has 2 saturated heterocycles. The zero-order valence-electron chi connectivity index (χ0n) is 15.5. The topological polar surface area (TPSA) is 87.7 Å². The number of carbonyl (C=O) groups excluding carboxylic acids is 3. The fourth-order valence-electron chi connectivity index (χ4n) is 3.77. The molecule has 2 N–H and O–H groups in total. The van der Waals surface area contributed by atoms with Crippen LogP contribution in [0.5, 0.6) is 0 Å². The molecule has 2 aliphatic rings. The number of carbonyl (C=O) groups is 3. The number of fused-ring (bicyclic) bond motifs is 1. The van der Waals surface area contributed by atoms with E-state index in [1.165, 1.54) is 0 Å². The molecule has 7 heteroatoms. The van der Waals surface area contributed by atoms with Gasteiger partial charge in [-0.25, -0.2) is 9.69 Å². The zero-order valence-corrected chi connectivity index (χ0v) is 15.5. The van der Waals surface area contributed by atoms with Crippen LogP contribution in [0.3, 0.4) is 0 Å². The molecule has 0 saturated carbocycles. The molecular formula is C21H23N3O4. The number of rotatable bonds is 5. The van der Waals surface area contributed by atoms with E-state index in [1.54, 1.807) is 6.07 Å². The molecule has 28 heavy (non-hydrogen) atoms. The van der Waals surface area contributed by atoms with Crippen molar-refractivity contribution in [3.05, 3.63) is 42.5 Å². The molecule has 0 aliphatic carbocycles. The molecule has 2 aromatic carbocycles.